The summed E-state index contributed by atoms with van der Waals surface area (Å²) in [5.74, 6) is -0.494. The number of aromatic nitrogens is 1. The molecule has 1 saturated heterocycles. The maximum atomic E-state index is 13.1. The number of piperazine rings is 1. The lowest BCUT2D eigenvalue weighted by molar-refractivity contribution is -0.166. The normalized spacial score (nSPS) is 20.1. The Hall–Kier alpha value is -2.99. The van der Waals surface area contributed by atoms with Crippen LogP contribution in [0.3, 0.4) is 0 Å². The van der Waals surface area contributed by atoms with Crippen molar-refractivity contribution < 1.29 is 35.9 Å². The molecular weight excluding hydrogens is 451 g/mol. The maximum Gasteiger partial charge on any atom is 0.416 e. The average Bonchev–Trinajstić information content (AvgIpc) is 2.73. The number of nitrogens with zero attached hydrogens (tertiary/aromatic N) is 3. The summed E-state index contributed by atoms with van der Waals surface area (Å²) in [5, 5.41) is 0. The zero-order valence-electron chi connectivity index (χ0n) is 17.2. The van der Waals surface area contributed by atoms with Crippen molar-refractivity contribution in [1.82, 2.24) is 14.2 Å². The summed E-state index contributed by atoms with van der Waals surface area (Å²) < 4.78 is 70.5. The number of hydrogen-bond acceptors (Lipinski definition) is 6. The molecule has 1 fully saturated rings. The van der Waals surface area contributed by atoms with E-state index in [0.717, 1.165) is 16.4 Å². The van der Waals surface area contributed by atoms with E-state index in [0.29, 0.717) is 17.8 Å². The Labute approximate surface area is 182 Å². The van der Waals surface area contributed by atoms with Crippen LogP contribution < -0.4 is 0 Å². The molecule has 1 aromatic carbocycles. The fraction of sp³-hybridized carbons (Fsp3) is 0.350. The molecule has 172 valence electrons. The Balaban J connectivity index is 1.90. The zero-order chi connectivity index (χ0) is 23.7. The Morgan fingerprint density at radius 1 is 1.19 bits per heavy atom. The van der Waals surface area contributed by atoms with E-state index in [9.17, 15) is 31.2 Å². The van der Waals surface area contributed by atoms with Crippen molar-refractivity contribution in [2.75, 3.05) is 19.6 Å². The number of alkyl halides is 3. The summed E-state index contributed by atoms with van der Waals surface area (Å²) in [7, 11) is -4.22. The molecule has 0 unspecified atom stereocenters. The molecule has 1 aliphatic heterocycles. The van der Waals surface area contributed by atoms with Crippen LogP contribution >= 0.6 is 0 Å². The van der Waals surface area contributed by atoms with Crippen molar-refractivity contribution >= 4 is 22.4 Å². The molecule has 2 heterocycles. The number of amides is 1. The summed E-state index contributed by atoms with van der Waals surface area (Å²) >= 11 is 0. The van der Waals surface area contributed by atoms with Gasteiger partial charge in [0.2, 0.25) is 10.0 Å². The lowest BCUT2D eigenvalue weighted by atomic mass is 10.1. The smallest absolute Gasteiger partial charge is 0.416 e. The highest BCUT2D eigenvalue weighted by molar-refractivity contribution is 7.89. The van der Waals surface area contributed by atoms with Crippen LogP contribution in [-0.2, 0) is 25.7 Å². The number of sulfonamides is 1. The van der Waals surface area contributed by atoms with Gasteiger partial charge in [-0.1, -0.05) is 0 Å². The molecule has 0 N–H and O–H groups in total. The minimum Gasteiger partial charge on any atom is -0.440 e. The van der Waals surface area contributed by atoms with Gasteiger partial charge in [-0.2, -0.15) is 17.5 Å². The van der Waals surface area contributed by atoms with Gasteiger partial charge in [0.15, 0.2) is 5.72 Å². The molecule has 0 spiro atoms. The first-order valence-corrected chi connectivity index (χ1v) is 10.9. The molecular formula is C20H20F3N3O5S. The topological polar surface area (TPSA) is 96.9 Å². The van der Waals surface area contributed by atoms with Crippen LogP contribution in [0.4, 0.5) is 13.2 Å². The van der Waals surface area contributed by atoms with E-state index in [1.807, 2.05) is 0 Å². The van der Waals surface area contributed by atoms with Gasteiger partial charge in [-0.25, -0.2) is 8.42 Å². The molecule has 1 aliphatic rings. The fourth-order valence-electron chi connectivity index (χ4n) is 3.49. The number of pyridine rings is 1. The van der Waals surface area contributed by atoms with Crippen LogP contribution in [0.25, 0.3) is 0 Å². The van der Waals surface area contributed by atoms with Crippen LogP contribution in [0.5, 0.6) is 0 Å². The molecule has 1 amide bonds. The molecule has 0 saturated carbocycles. The largest absolute Gasteiger partial charge is 0.440 e. The number of hydrogen-bond donors (Lipinski definition) is 0. The summed E-state index contributed by atoms with van der Waals surface area (Å²) in [5.41, 5.74) is -1.90. The van der Waals surface area contributed by atoms with Crippen LogP contribution in [0.2, 0.25) is 0 Å². The number of carbonyl (C=O) groups excluding carboxylic acids is 2. The molecule has 0 aliphatic carbocycles. The summed E-state index contributed by atoms with van der Waals surface area (Å²) in [4.78, 5) is 29.2. The van der Waals surface area contributed by atoms with E-state index in [-0.39, 0.29) is 30.0 Å². The number of rotatable bonds is 5. The lowest BCUT2D eigenvalue weighted by Gasteiger charge is -2.46. The quantitative estimate of drug-likeness (QED) is 0.622. The van der Waals surface area contributed by atoms with Crippen LogP contribution in [0.15, 0.2) is 47.5 Å². The molecule has 1 aromatic heterocycles. The average molecular weight is 471 g/mol. The Morgan fingerprint density at radius 2 is 1.84 bits per heavy atom. The fourth-order valence-corrected chi connectivity index (χ4v) is 5.00. The lowest BCUT2D eigenvalue weighted by Crippen LogP contribution is -2.64. The first-order valence-electron chi connectivity index (χ1n) is 9.42. The predicted molar refractivity (Wildman–Crippen MR) is 106 cm³/mol. The highest BCUT2D eigenvalue weighted by Gasteiger charge is 2.46. The minimum absolute atomic E-state index is 0.114. The highest BCUT2D eigenvalue weighted by atomic mass is 32.2. The maximum absolute atomic E-state index is 13.1. The number of aryl methyl sites for hydroxylation is 1. The summed E-state index contributed by atoms with van der Waals surface area (Å²) in [6, 6.07) is 6.22. The third-order valence-corrected chi connectivity index (χ3v) is 7.08. The van der Waals surface area contributed by atoms with E-state index in [4.69, 9.17) is 4.74 Å². The molecule has 8 nitrogen and oxygen atoms in total. The number of ether oxygens (including phenoxy) is 1. The van der Waals surface area contributed by atoms with E-state index >= 15 is 0 Å². The standard InChI is InChI=1S/C20H20F3N3O5S/c1-14-17(4-3-9-24-14)18(28)26-11-10-25(12-19(26,2)31-13-27)32(29,30)16-7-5-15(6-8-16)20(21,22)23/h3-9,13H,10-12H2,1-2H3/t19-/m1/s1. The second kappa shape index (κ2) is 8.51. The van der Waals surface area contributed by atoms with Crippen molar-refractivity contribution in [3.05, 3.63) is 59.4 Å². The van der Waals surface area contributed by atoms with Crippen LogP contribution in [0.1, 0.15) is 28.5 Å². The Bertz CT molecular complexity index is 1120. The van der Waals surface area contributed by atoms with E-state index in [1.165, 1.54) is 18.0 Å². The Morgan fingerprint density at radius 3 is 2.41 bits per heavy atom. The van der Waals surface area contributed by atoms with Crippen molar-refractivity contribution in [3.8, 4) is 0 Å². The van der Waals surface area contributed by atoms with E-state index < -0.39 is 39.9 Å². The van der Waals surface area contributed by atoms with Gasteiger partial charge in [-0.3, -0.25) is 19.5 Å². The second-order valence-corrected chi connectivity index (χ2v) is 9.28. The van der Waals surface area contributed by atoms with Crippen molar-refractivity contribution in [1.29, 1.82) is 0 Å². The molecule has 12 heteroatoms. The van der Waals surface area contributed by atoms with Gasteiger partial charge in [-0.05, 0) is 50.2 Å². The zero-order valence-corrected chi connectivity index (χ0v) is 18.0. The minimum atomic E-state index is -4.60. The predicted octanol–water partition coefficient (Wildman–Crippen LogP) is 2.44. The number of carbonyl (C=O) groups is 2. The number of benzene rings is 1. The number of halogens is 3. The van der Waals surface area contributed by atoms with Gasteiger partial charge >= 0.3 is 6.18 Å². The molecule has 1 atom stereocenters. The van der Waals surface area contributed by atoms with Gasteiger partial charge in [0, 0.05) is 25.0 Å². The monoisotopic (exact) mass is 471 g/mol. The molecule has 3 rings (SSSR count). The van der Waals surface area contributed by atoms with Crippen molar-refractivity contribution in [2.45, 2.75) is 30.6 Å². The first kappa shape index (κ1) is 23.7. The van der Waals surface area contributed by atoms with Gasteiger partial charge < -0.3 is 4.74 Å². The highest BCUT2D eigenvalue weighted by Crippen LogP contribution is 2.32. The van der Waals surface area contributed by atoms with Crippen LogP contribution in [-0.4, -0.2) is 60.3 Å². The second-order valence-electron chi connectivity index (χ2n) is 7.34. The SMILES string of the molecule is Cc1ncccc1C(=O)N1CCN(S(=O)(=O)c2ccc(C(F)(F)F)cc2)C[C@@]1(C)OC=O. The van der Waals surface area contributed by atoms with E-state index in [2.05, 4.69) is 4.98 Å². The molecule has 32 heavy (non-hydrogen) atoms. The van der Waals surface area contributed by atoms with Crippen molar-refractivity contribution in [2.24, 2.45) is 0 Å². The Kier molecular flexibility index (Phi) is 6.29. The van der Waals surface area contributed by atoms with E-state index in [1.54, 1.807) is 19.1 Å². The summed E-state index contributed by atoms with van der Waals surface area (Å²) in [6.45, 7) is 2.48. The molecule has 2 aromatic rings. The van der Waals surface area contributed by atoms with Gasteiger partial charge in [0.05, 0.1) is 22.6 Å². The van der Waals surface area contributed by atoms with Crippen molar-refractivity contribution in [3.63, 3.8) is 0 Å². The third-order valence-electron chi connectivity index (χ3n) is 5.22. The van der Waals surface area contributed by atoms with Gasteiger partial charge in [0.1, 0.15) is 0 Å². The first-order chi connectivity index (χ1) is 14.9. The molecule has 0 bridgehead atoms. The molecule has 0 radical (unpaired) electrons. The van der Waals surface area contributed by atoms with Crippen LogP contribution in [0, 0.1) is 6.92 Å². The summed E-state index contributed by atoms with van der Waals surface area (Å²) in [6.07, 6.45) is -3.09. The van der Waals surface area contributed by atoms with Gasteiger partial charge in [-0.15, -0.1) is 0 Å². The third kappa shape index (κ3) is 4.46. The van der Waals surface area contributed by atoms with Gasteiger partial charge in [0.25, 0.3) is 12.4 Å².